The number of para-hydroxylation sites is 1. The second-order valence-electron chi connectivity index (χ2n) is 5.69. The molecule has 0 spiro atoms. The lowest BCUT2D eigenvalue weighted by Gasteiger charge is -2.14. The number of aromatic nitrogens is 2. The van der Waals surface area contributed by atoms with Crippen LogP contribution < -0.4 is 4.74 Å². The second kappa shape index (κ2) is 8.01. The lowest BCUT2D eigenvalue weighted by atomic mass is 10.2. The predicted molar refractivity (Wildman–Crippen MR) is 87.9 cm³/mol. The second-order valence-corrected chi connectivity index (χ2v) is 5.69. The van der Waals surface area contributed by atoms with Crippen molar-refractivity contribution in [2.75, 3.05) is 7.05 Å². The Morgan fingerprint density at radius 3 is 2.69 bits per heavy atom. The van der Waals surface area contributed by atoms with Crippen LogP contribution in [0.25, 0.3) is 11.4 Å². The quantitative estimate of drug-likeness (QED) is 0.632. The first kappa shape index (κ1) is 17.9. The summed E-state index contributed by atoms with van der Waals surface area (Å²) in [5.41, 5.74) is 1.12. The van der Waals surface area contributed by atoms with E-state index in [0.29, 0.717) is 24.5 Å². The standard InChI is InChI=1S/C18H16F3N3O2/c1-24(10-12-5-4-6-13(19)9-12)11-16-22-17(23-26-16)14-7-2-3-8-15(14)25-18(20)21/h2-9,18H,10-11H2,1H3. The lowest BCUT2D eigenvalue weighted by molar-refractivity contribution is -0.0494. The van der Waals surface area contributed by atoms with E-state index >= 15 is 0 Å². The minimum atomic E-state index is -2.94. The molecule has 0 fully saturated rings. The SMILES string of the molecule is CN(Cc1cccc(F)c1)Cc1nc(-c2ccccc2OC(F)F)no1. The zero-order valence-corrected chi connectivity index (χ0v) is 13.9. The molecule has 1 aromatic heterocycles. The Balaban J connectivity index is 1.70. The highest BCUT2D eigenvalue weighted by Crippen LogP contribution is 2.29. The maximum atomic E-state index is 13.2. The van der Waals surface area contributed by atoms with E-state index in [0.717, 1.165) is 5.56 Å². The molecule has 0 saturated heterocycles. The van der Waals surface area contributed by atoms with E-state index < -0.39 is 6.61 Å². The van der Waals surface area contributed by atoms with E-state index in [1.165, 1.54) is 18.2 Å². The molecule has 0 saturated carbocycles. The number of hydrogen-bond acceptors (Lipinski definition) is 5. The monoisotopic (exact) mass is 363 g/mol. The van der Waals surface area contributed by atoms with Crippen LogP contribution in [0.15, 0.2) is 53.1 Å². The maximum Gasteiger partial charge on any atom is 0.387 e. The van der Waals surface area contributed by atoms with Crippen LogP contribution in [0.3, 0.4) is 0 Å². The molecular weight excluding hydrogens is 347 g/mol. The van der Waals surface area contributed by atoms with Gasteiger partial charge in [-0.3, -0.25) is 4.90 Å². The normalized spacial score (nSPS) is 11.3. The summed E-state index contributed by atoms with van der Waals surface area (Å²) in [6.45, 7) is -2.14. The molecule has 0 unspecified atom stereocenters. The minimum Gasteiger partial charge on any atom is -0.434 e. The molecule has 136 valence electrons. The first-order chi connectivity index (χ1) is 12.5. The van der Waals surface area contributed by atoms with Crippen LogP contribution in [0, 0.1) is 5.82 Å². The number of benzene rings is 2. The summed E-state index contributed by atoms with van der Waals surface area (Å²) >= 11 is 0. The molecule has 0 bridgehead atoms. The Labute approximate surface area is 148 Å². The number of hydrogen-bond donors (Lipinski definition) is 0. The summed E-state index contributed by atoms with van der Waals surface area (Å²) in [5, 5.41) is 3.83. The Hall–Kier alpha value is -2.87. The van der Waals surface area contributed by atoms with Gasteiger partial charge in [0.1, 0.15) is 11.6 Å². The van der Waals surface area contributed by atoms with Crippen LogP contribution >= 0.6 is 0 Å². The average molecular weight is 363 g/mol. The molecule has 0 aliphatic carbocycles. The predicted octanol–water partition coefficient (Wildman–Crippen LogP) is 4.11. The Morgan fingerprint density at radius 1 is 1.12 bits per heavy atom. The fourth-order valence-electron chi connectivity index (χ4n) is 2.51. The number of ether oxygens (including phenoxy) is 1. The van der Waals surface area contributed by atoms with E-state index in [-0.39, 0.29) is 17.4 Å². The van der Waals surface area contributed by atoms with Gasteiger partial charge in [-0.2, -0.15) is 13.8 Å². The van der Waals surface area contributed by atoms with E-state index in [1.54, 1.807) is 24.3 Å². The fraction of sp³-hybridized carbons (Fsp3) is 0.222. The fourth-order valence-corrected chi connectivity index (χ4v) is 2.51. The van der Waals surface area contributed by atoms with Crippen molar-refractivity contribution in [3.05, 3.63) is 65.8 Å². The number of halogens is 3. The van der Waals surface area contributed by atoms with Gasteiger partial charge in [0.25, 0.3) is 0 Å². The van der Waals surface area contributed by atoms with Crippen molar-refractivity contribution in [2.45, 2.75) is 19.7 Å². The first-order valence-corrected chi connectivity index (χ1v) is 7.81. The molecule has 0 radical (unpaired) electrons. The van der Waals surface area contributed by atoms with Gasteiger partial charge in [-0.05, 0) is 36.9 Å². The average Bonchev–Trinajstić information content (AvgIpc) is 3.03. The molecule has 3 rings (SSSR count). The van der Waals surface area contributed by atoms with Gasteiger partial charge < -0.3 is 9.26 Å². The molecular formula is C18H16F3N3O2. The van der Waals surface area contributed by atoms with E-state index in [4.69, 9.17) is 4.52 Å². The summed E-state index contributed by atoms with van der Waals surface area (Å²) < 4.78 is 47.9. The van der Waals surface area contributed by atoms with Crippen molar-refractivity contribution < 1.29 is 22.4 Å². The largest absolute Gasteiger partial charge is 0.434 e. The van der Waals surface area contributed by atoms with Gasteiger partial charge in [0.05, 0.1) is 12.1 Å². The van der Waals surface area contributed by atoms with Gasteiger partial charge in [-0.15, -0.1) is 0 Å². The third-order valence-corrected chi connectivity index (χ3v) is 3.56. The molecule has 0 amide bonds. The topological polar surface area (TPSA) is 51.4 Å². The van der Waals surface area contributed by atoms with Crippen molar-refractivity contribution in [1.82, 2.24) is 15.0 Å². The Morgan fingerprint density at radius 2 is 1.92 bits per heavy atom. The van der Waals surface area contributed by atoms with Crippen LogP contribution in [0.4, 0.5) is 13.2 Å². The van der Waals surface area contributed by atoms with Crippen molar-refractivity contribution in [2.24, 2.45) is 0 Å². The van der Waals surface area contributed by atoms with Crippen molar-refractivity contribution in [3.63, 3.8) is 0 Å². The molecule has 8 heteroatoms. The zero-order valence-electron chi connectivity index (χ0n) is 13.9. The van der Waals surface area contributed by atoms with E-state index in [2.05, 4.69) is 14.9 Å². The highest BCUT2D eigenvalue weighted by atomic mass is 19.3. The number of rotatable bonds is 7. The smallest absolute Gasteiger partial charge is 0.387 e. The Bertz CT molecular complexity index is 870. The van der Waals surface area contributed by atoms with E-state index in [9.17, 15) is 13.2 Å². The van der Waals surface area contributed by atoms with Gasteiger partial charge in [-0.1, -0.05) is 29.4 Å². The lowest BCUT2D eigenvalue weighted by Crippen LogP contribution is -2.17. The van der Waals surface area contributed by atoms with Crippen LogP contribution in [-0.4, -0.2) is 28.7 Å². The summed E-state index contributed by atoms with van der Waals surface area (Å²) in [6.07, 6.45) is 0. The molecule has 2 aromatic carbocycles. The molecule has 0 N–H and O–H groups in total. The van der Waals surface area contributed by atoms with Gasteiger partial charge in [0.15, 0.2) is 0 Å². The summed E-state index contributed by atoms with van der Waals surface area (Å²) in [5.74, 6) is 0.149. The molecule has 1 heterocycles. The van der Waals surface area contributed by atoms with Gasteiger partial charge in [0.2, 0.25) is 11.7 Å². The molecule has 5 nitrogen and oxygen atoms in total. The number of alkyl halides is 2. The molecule has 3 aromatic rings. The molecule has 26 heavy (non-hydrogen) atoms. The molecule has 0 atom stereocenters. The highest BCUT2D eigenvalue weighted by molar-refractivity contribution is 5.63. The molecule has 0 aliphatic heterocycles. The maximum absolute atomic E-state index is 13.2. The highest BCUT2D eigenvalue weighted by Gasteiger charge is 2.16. The van der Waals surface area contributed by atoms with E-state index in [1.807, 2.05) is 18.0 Å². The third kappa shape index (κ3) is 4.60. The van der Waals surface area contributed by atoms with Crippen LogP contribution in [0.2, 0.25) is 0 Å². The minimum absolute atomic E-state index is 0.0250. The van der Waals surface area contributed by atoms with Gasteiger partial charge in [-0.25, -0.2) is 4.39 Å². The van der Waals surface area contributed by atoms with Crippen molar-refractivity contribution in [1.29, 1.82) is 0 Å². The number of nitrogens with zero attached hydrogens (tertiary/aromatic N) is 3. The third-order valence-electron chi connectivity index (χ3n) is 3.56. The first-order valence-electron chi connectivity index (χ1n) is 7.81. The summed E-state index contributed by atoms with van der Waals surface area (Å²) in [6, 6.07) is 12.5. The summed E-state index contributed by atoms with van der Waals surface area (Å²) in [7, 11) is 1.82. The van der Waals surface area contributed by atoms with Crippen LogP contribution in [0.1, 0.15) is 11.5 Å². The summed E-state index contributed by atoms with van der Waals surface area (Å²) in [4.78, 5) is 6.10. The van der Waals surface area contributed by atoms with Crippen LogP contribution in [0.5, 0.6) is 5.75 Å². The Kier molecular flexibility index (Phi) is 5.52. The molecule has 0 aliphatic rings. The van der Waals surface area contributed by atoms with Gasteiger partial charge >= 0.3 is 6.61 Å². The van der Waals surface area contributed by atoms with Crippen molar-refractivity contribution in [3.8, 4) is 17.1 Å². The zero-order chi connectivity index (χ0) is 18.5. The van der Waals surface area contributed by atoms with Crippen molar-refractivity contribution >= 4 is 0 Å². The van der Waals surface area contributed by atoms with Gasteiger partial charge in [0, 0.05) is 6.54 Å². The van der Waals surface area contributed by atoms with Crippen LogP contribution in [-0.2, 0) is 13.1 Å².